The highest BCUT2D eigenvalue weighted by Gasteiger charge is 2.13. The van der Waals surface area contributed by atoms with Gasteiger partial charge in [-0.1, -0.05) is 6.07 Å². The van der Waals surface area contributed by atoms with Crippen LogP contribution >= 0.6 is 0 Å². The van der Waals surface area contributed by atoms with Crippen molar-refractivity contribution in [3.63, 3.8) is 0 Å². The van der Waals surface area contributed by atoms with Gasteiger partial charge in [0.05, 0.1) is 37.4 Å². The molecule has 25 heavy (non-hydrogen) atoms. The average Bonchev–Trinajstić information content (AvgIpc) is 2.66. The van der Waals surface area contributed by atoms with Gasteiger partial charge in [-0.05, 0) is 25.1 Å². The maximum atomic E-state index is 12.1. The van der Waals surface area contributed by atoms with E-state index in [0.29, 0.717) is 18.1 Å². The fraction of sp³-hybridized carbons (Fsp3) is 0.235. The molecule has 8 heteroatoms. The third-order valence-corrected chi connectivity index (χ3v) is 3.19. The van der Waals surface area contributed by atoms with Gasteiger partial charge in [0.15, 0.2) is 0 Å². The van der Waals surface area contributed by atoms with Crippen molar-refractivity contribution in [1.29, 1.82) is 0 Å². The Labute approximate surface area is 145 Å². The Balaban J connectivity index is 1.85. The summed E-state index contributed by atoms with van der Waals surface area (Å²) in [7, 11) is 1.30. The zero-order valence-electron chi connectivity index (χ0n) is 14.0. The molecule has 2 N–H and O–H groups in total. The monoisotopic (exact) mass is 341 g/mol. The number of hydrogen-bond acceptors (Lipinski definition) is 7. The van der Waals surface area contributed by atoms with Crippen LogP contribution in [0.2, 0.25) is 0 Å². The van der Waals surface area contributed by atoms with Crippen LogP contribution in [0, 0.1) is 0 Å². The Hall–Kier alpha value is -3.29. The zero-order valence-corrected chi connectivity index (χ0v) is 14.0. The van der Waals surface area contributed by atoms with Crippen molar-refractivity contribution in [1.82, 2.24) is 20.3 Å². The molecule has 1 amide bonds. The van der Waals surface area contributed by atoms with E-state index in [1.54, 1.807) is 13.1 Å². The number of rotatable bonds is 7. The first-order valence-corrected chi connectivity index (χ1v) is 7.60. The van der Waals surface area contributed by atoms with E-state index < -0.39 is 12.0 Å². The lowest BCUT2D eigenvalue weighted by atomic mass is 10.3. The quantitative estimate of drug-likeness (QED) is 0.575. The topological polar surface area (TPSA) is 106 Å². The lowest BCUT2D eigenvalue weighted by Gasteiger charge is -2.14. The molecular formula is C17H19N5O3. The van der Waals surface area contributed by atoms with Gasteiger partial charge in [-0.15, -0.1) is 0 Å². The van der Waals surface area contributed by atoms with Crippen molar-refractivity contribution in [2.45, 2.75) is 19.5 Å². The van der Waals surface area contributed by atoms with Crippen LogP contribution in [0.3, 0.4) is 0 Å². The first kappa shape index (κ1) is 18.1. The van der Waals surface area contributed by atoms with E-state index in [1.165, 1.54) is 31.7 Å². The summed E-state index contributed by atoms with van der Waals surface area (Å²) in [5.74, 6) is -0.194. The molecule has 0 saturated carbocycles. The fourth-order valence-electron chi connectivity index (χ4n) is 1.84. The fourth-order valence-corrected chi connectivity index (χ4v) is 1.84. The Bertz CT molecular complexity index is 732. The molecule has 1 atom stereocenters. The van der Waals surface area contributed by atoms with Crippen molar-refractivity contribution < 1.29 is 14.3 Å². The summed E-state index contributed by atoms with van der Waals surface area (Å²) in [6.07, 6.45) is 7.39. The SMILES string of the molecule is COC(=O)C=Cc1cnc(N[C@H](C)C(=O)NCc2ccccn2)cn1. The lowest BCUT2D eigenvalue weighted by Crippen LogP contribution is -2.37. The number of ether oxygens (including phenoxy) is 1. The van der Waals surface area contributed by atoms with Crippen molar-refractivity contribution in [2.24, 2.45) is 0 Å². The Morgan fingerprint density at radius 3 is 2.72 bits per heavy atom. The van der Waals surface area contributed by atoms with E-state index in [2.05, 4.69) is 30.3 Å². The zero-order chi connectivity index (χ0) is 18.1. The van der Waals surface area contributed by atoms with E-state index in [-0.39, 0.29) is 5.91 Å². The number of esters is 1. The van der Waals surface area contributed by atoms with Gasteiger partial charge in [0.1, 0.15) is 11.9 Å². The van der Waals surface area contributed by atoms with Gasteiger partial charge in [-0.3, -0.25) is 14.8 Å². The maximum Gasteiger partial charge on any atom is 0.330 e. The van der Waals surface area contributed by atoms with Gasteiger partial charge in [-0.25, -0.2) is 9.78 Å². The number of nitrogens with one attached hydrogen (secondary N) is 2. The molecule has 0 unspecified atom stereocenters. The summed E-state index contributed by atoms with van der Waals surface area (Å²) in [5.41, 5.74) is 1.28. The molecule has 130 valence electrons. The second-order valence-electron chi connectivity index (χ2n) is 5.09. The second-order valence-corrected chi connectivity index (χ2v) is 5.09. The van der Waals surface area contributed by atoms with Gasteiger partial charge in [0, 0.05) is 12.3 Å². The Kier molecular flexibility index (Phi) is 6.58. The van der Waals surface area contributed by atoms with Crippen LogP contribution in [0.1, 0.15) is 18.3 Å². The number of nitrogens with zero attached hydrogens (tertiary/aromatic N) is 3. The summed E-state index contributed by atoms with van der Waals surface area (Å²) >= 11 is 0. The number of carbonyl (C=O) groups is 2. The molecule has 0 aromatic carbocycles. The number of pyridine rings is 1. The molecule has 0 fully saturated rings. The van der Waals surface area contributed by atoms with Crippen molar-refractivity contribution in [2.75, 3.05) is 12.4 Å². The van der Waals surface area contributed by atoms with Crippen LogP contribution in [0.4, 0.5) is 5.82 Å². The van der Waals surface area contributed by atoms with E-state index in [1.807, 2.05) is 18.2 Å². The Morgan fingerprint density at radius 2 is 2.08 bits per heavy atom. The molecule has 0 aliphatic rings. The highest BCUT2D eigenvalue weighted by atomic mass is 16.5. The van der Waals surface area contributed by atoms with Gasteiger partial charge in [0.2, 0.25) is 5.91 Å². The number of hydrogen-bond donors (Lipinski definition) is 2. The lowest BCUT2D eigenvalue weighted by molar-refractivity contribution is -0.134. The maximum absolute atomic E-state index is 12.1. The van der Waals surface area contributed by atoms with Gasteiger partial charge in [0.25, 0.3) is 0 Å². The summed E-state index contributed by atoms with van der Waals surface area (Å²) in [4.78, 5) is 35.5. The third-order valence-electron chi connectivity index (χ3n) is 3.19. The van der Waals surface area contributed by atoms with E-state index in [9.17, 15) is 9.59 Å². The molecule has 0 radical (unpaired) electrons. The molecule has 2 heterocycles. The smallest absolute Gasteiger partial charge is 0.330 e. The minimum Gasteiger partial charge on any atom is -0.466 e. The van der Waals surface area contributed by atoms with Crippen molar-refractivity contribution in [3.05, 3.63) is 54.3 Å². The predicted octanol–water partition coefficient (Wildman–Crippen LogP) is 1.17. The molecule has 0 spiro atoms. The largest absolute Gasteiger partial charge is 0.466 e. The molecule has 0 bridgehead atoms. The van der Waals surface area contributed by atoms with E-state index >= 15 is 0 Å². The average molecular weight is 341 g/mol. The van der Waals surface area contributed by atoms with Crippen LogP contribution in [-0.2, 0) is 20.9 Å². The van der Waals surface area contributed by atoms with Crippen LogP contribution < -0.4 is 10.6 Å². The third kappa shape index (κ3) is 6.02. The number of anilines is 1. The predicted molar refractivity (Wildman–Crippen MR) is 92.3 cm³/mol. The summed E-state index contributed by atoms with van der Waals surface area (Å²) in [5, 5.41) is 5.75. The molecular weight excluding hydrogens is 322 g/mol. The number of carbonyl (C=O) groups excluding carboxylic acids is 2. The molecule has 8 nitrogen and oxygen atoms in total. The van der Waals surface area contributed by atoms with Crippen LogP contribution in [0.5, 0.6) is 0 Å². The standard InChI is InChI=1S/C17H19N5O3/c1-12(17(24)21-10-13-5-3-4-8-18-13)22-15-11-19-14(9-20-15)6-7-16(23)25-2/h3-9,11-12H,10H2,1-2H3,(H,20,22)(H,21,24)/t12-/m1/s1. The molecule has 2 rings (SSSR count). The molecule has 0 aliphatic carbocycles. The van der Waals surface area contributed by atoms with Crippen molar-refractivity contribution >= 4 is 23.8 Å². The second kappa shape index (κ2) is 9.11. The van der Waals surface area contributed by atoms with Crippen LogP contribution in [0.15, 0.2) is 42.9 Å². The summed E-state index contributed by atoms with van der Waals surface area (Å²) in [6, 6.07) is 5.03. The van der Waals surface area contributed by atoms with E-state index in [0.717, 1.165) is 5.69 Å². The molecule has 0 aliphatic heterocycles. The first-order valence-electron chi connectivity index (χ1n) is 7.60. The summed E-state index contributed by atoms with van der Waals surface area (Å²) < 4.78 is 4.49. The molecule has 2 aromatic heterocycles. The van der Waals surface area contributed by atoms with Gasteiger partial charge in [-0.2, -0.15) is 0 Å². The Morgan fingerprint density at radius 1 is 1.24 bits per heavy atom. The first-order chi connectivity index (χ1) is 12.1. The number of aromatic nitrogens is 3. The minimum absolute atomic E-state index is 0.179. The van der Waals surface area contributed by atoms with E-state index in [4.69, 9.17) is 0 Å². The number of methoxy groups -OCH3 is 1. The van der Waals surface area contributed by atoms with Crippen LogP contribution in [-0.4, -0.2) is 40.0 Å². The minimum atomic E-state index is -0.491. The summed E-state index contributed by atoms with van der Waals surface area (Å²) in [6.45, 7) is 2.08. The highest BCUT2D eigenvalue weighted by Crippen LogP contribution is 2.05. The van der Waals surface area contributed by atoms with Crippen LogP contribution in [0.25, 0.3) is 6.08 Å². The highest BCUT2D eigenvalue weighted by molar-refractivity contribution is 5.86. The van der Waals surface area contributed by atoms with Gasteiger partial charge < -0.3 is 15.4 Å². The van der Waals surface area contributed by atoms with Gasteiger partial charge >= 0.3 is 5.97 Å². The van der Waals surface area contributed by atoms with Crippen molar-refractivity contribution in [3.8, 4) is 0 Å². The number of amides is 1. The normalized spacial score (nSPS) is 11.8. The molecule has 2 aromatic rings. The molecule has 0 saturated heterocycles.